The van der Waals surface area contributed by atoms with Crippen molar-refractivity contribution in [3.63, 3.8) is 0 Å². The third-order valence-electron chi connectivity index (χ3n) is 0. The van der Waals surface area contributed by atoms with Gasteiger partial charge in [-0.3, -0.25) is 0 Å². The average molecular weight is 219 g/mol. The maximum atomic E-state index is 8.94. The molecule has 0 aliphatic carbocycles. The Morgan fingerprint density at radius 1 is 1.17 bits per heavy atom. The second kappa shape index (κ2) is 2.87. The van der Waals surface area contributed by atoms with Gasteiger partial charge >= 0.3 is 48.1 Å². The van der Waals surface area contributed by atoms with Crippen molar-refractivity contribution in [3.05, 3.63) is 0 Å². The van der Waals surface area contributed by atoms with Crippen LogP contribution in [0.1, 0.15) is 0 Å². The van der Waals surface area contributed by atoms with Gasteiger partial charge in [0.15, 0.2) is 0 Å². The Kier molecular flexibility index (Phi) is 4.75. The Balaban J connectivity index is 0. The fourth-order valence-corrected chi connectivity index (χ4v) is 0. The molecule has 0 saturated carbocycles. The normalized spacial score (nSPS) is 9.83. The Hall–Kier alpha value is 0.781. The molecule has 0 fully saturated rings. The van der Waals surface area contributed by atoms with Gasteiger partial charge in [-0.1, -0.05) is 0 Å². The van der Waals surface area contributed by atoms with Crippen LogP contribution in [0.25, 0.3) is 0 Å². The number of hydrogen-bond donors (Lipinski definition) is 3. The molecule has 0 radical (unpaired) electrons. The fourth-order valence-electron chi connectivity index (χ4n) is 0. The van der Waals surface area contributed by atoms with Crippen LogP contribution in [-0.4, -0.2) is 44.4 Å². The second-order valence-corrected chi connectivity index (χ2v) is 2.67. The standard InChI is InChI=1S/AsH3O4.GeH4/c2-1(3,4)5;/h(H3,2,3,4,5);1H4. The van der Waals surface area contributed by atoms with Crippen molar-refractivity contribution in [1.82, 2.24) is 0 Å². The molecule has 0 aliphatic heterocycles. The first kappa shape index (κ1) is 9.91. The van der Waals surface area contributed by atoms with Gasteiger partial charge in [0, 0.05) is 0 Å². The molecule has 0 saturated heterocycles. The van der Waals surface area contributed by atoms with Crippen LogP contribution in [0.4, 0.5) is 0 Å². The zero-order valence-corrected chi connectivity index (χ0v) is 4.07. The molecule has 0 aliphatic rings. The molecule has 0 rings (SSSR count). The zero-order valence-electron chi connectivity index (χ0n) is 2.20. The Morgan fingerprint density at radius 3 is 1.17 bits per heavy atom. The van der Waals surface area contributed by atoms with Gasteiger partial charge in [-0.2, -0.15) is 0 Å². The van der Waals surface area contributed by atoms with Gasteiger partial charge in [-0.25, -0.2) is 0 Å². The molecule has 0 aromatic rings. The first-order chi connectivity index (χ1) is 2.00. The van der Waals surface area contributed by atoms with E-state index in [9.17, 15) is 0 Å². The molecular weight excluding hydrogens is 212 g/mol. The van der Waals surface area contributed by atoms with Gasteiger partial charge in [-0.05, 0) is 0 Å². The summed E-state index contributed by atoms with van der Waals surface area (Å²) in [4.78, 5) is 0. The summed E-state index contributed by atoms with van der Waals surface area (Å²) in [5.74, 6) is 0. The van der Waals surface area contributed by atoms with Gasteiger partial charge in [0.25, 0.3) is 0 Å². The van der Waals surface area contributed by atoms with Crippen molar-refractivity contribution < 1.29 is 16.0 Å². The second-order valence-electron chi connectivity index (χ2n) is 0.513. The first-order valence-corrected chi connectivity index (χ1v) is 4.07. The SMILES string of the molecule is O=[As](O)(O)O.[GeH4]. The Labute approximate surface area is 48.5 Å². The molecule has 6 heavy (non-hydrogen) atoms. The topological polar surface area (TPSA) is 77.8 Å². The summed E-state index contributed by atoms with van der Waals surface area (Å²) in [6.07, 6.45) is 0. The van der Waals surface area contributed by atoms with Crippen LogP contribution in [0.3, 0.4) is 0 Å². The van der Waals surface area contributed by atoms with Crippen LogP contribution in [0, 0.1) is 0 Å². The van der Waals surface area contributed by atoms with Gasteiger partial charge < -0.3 is 0 Å². The van der Waals surface area contributed by atoms with Crippen LogP contribution in [0.5, 0.6) is 0 Å². The third-order valence-corrected chi connectivity index (χ3v) is 0. The van der Waals surface area contributed by atoms with Crippen LogP contribution < -0.4 is 0 Å². The molecule has 40 valence electrons. The monoisotopic (exact) mass is 220 g/mol. The summed E-state index contributed by atoms with van der Waals surface area (Å²) < 4.78 is 30.7. The fraction of sp³-hybridized carbons (Fsp3) is 0. The van der Waals surface area contributed by atoms with E-state index in [4.69, 9.17) is 16.0 Å². The molecular formula is H7AsGeO4. The van der Waals surface area contributed by atoms with Crippen LogP contribution in [-0.2, 0) is 3.74 Å². The Bertz CT molecular complexity index is 53.7. The molecule has 0 amide bonds. The van der Waals surface area contributed by atoms with Crippen molar-refractivity contribution in [1.29, 1.82) is 0 Å². The van der Waals surface area contributed by atoms with Gasteiger partial charge in [-0.15, -0.1) is 0 Å². The average Bonchev–Trinajstić information content (AvgIpc) is 0.722. The van der Waals surface area contributed by atoms with Gasteiger partial charge in [0.05, 0.1) is 0 Å². The summed E-state index contributed by atoms with van der Waals surface area (Å²) in [6.45, 7) is 0. The van der Waals surface area contributed by atoms with Gasteiger partial charge in [0.1, 0.15) is 0 Å². The van der Waals surface area contributed by atoms with E-state index in [0.717, 1.165) is 0 Å². The van der Waals surface area contributed by atoms with Crippen molar-refractivity contribution in [2.75, 3.05) is 0 Å². The third kappa shape index (κ3) is 112. The van der Waals surface area contributed by atoms with Crippen molar-refractivity contribution in [3.8, 4) is 0 Å². The van der Waals surface area contributed by atoms with Gasteiger partial charge in [0.2, 0.25) is 0 Å². The summed E-state index contributed by atoms with van der Waals surface area (Å²) in [6, 6.07) is 0. The zero-order chi connectivity index (χ0) is 4.50. The van der Waals surface area contributed by atoms with Crippen molar-refractivity contribution in [2.24, 2.45) is 0 Å². The minimum absolute atomic E-state index is 0. The van der Waals surface area contributed by atoms with E-state index in [1.165, 1.54) is 0 Å². The molecule has 6 heteroatoms. The molecule has 0 unspecified atom stereocenters. The molecule has 0 bridgehead atoms. The van der Waals surface area contributed by atoms with E-state index < -0.39 is 14.5 Å². The summed E-state index contributed by atoms with van der Waals surface area (Å²) in [7, 11) is 0. The van der Waals surface area contributed by atoms with E-state index >= 15 is 0 Å². The van der Waals surface area contributed by atoms with Crippen LogP contribution in [0.2, 0.25) is 0 Å². The molecule has 0 aromatic carbocycles. The quantitative estimate of drug-likeness (QED) is 0.367. The van der Waals surface area contributed by atoms with Crippen LogP contribution in [0.15, 0.2) is 0 Å². The first-order valence-electron chi connectivity index (χ1n) is 0.783. The predicted octanol–water partition coefficient (Wildman–Crippen LogP) is -3.62. The van der Waals surface area contributed by atoms with E-state index in [1.807, 2.05) is 0 Å². The van der Waals surface area contributed by atoms with Crippen LogP contribution >= 0.6 is 0 Å². The molecule has 0 atom stereocenters. The van der Waals surface area contributed by atoms with E-state index in [0.29, 0.717) is 0 Å². The maximum absolute atomic E-state index is 8.94. The van der Waals surface area contributed by atoms with Crippen molar-refractivity contribution >= 4 is 32.1 Å². The minimum atomic E-state index is -5.12. The van der Waals surface area contributed by atoms with E-state index in [2.05, 4.69) is 0 Å². The van der Waals surface area contributed by atoms with E-state index in [1.54, 1.807) is 0 Å². The molecule has 0 spiro atoms. The number of rotatable bonds is 0. The summed E-state index contributed by atoms with van der Waals surface area (Å²) in [5, 5.41) is 0. The summed E-state index contributed by atoms with van der Waals surface area (Å²) >= 11 is -5.12. The molecule has 3 N–H and O–H groups in total. The number of hydrogen-bond acceptors (Lipinski definition) is 1. The predicted molar refractivity (Wildman–Crippen MR) is 24.4 cm³/mol. The molecule has 0 heterocycles. The van der Waals surface area contributed by atoms with E-state index in [-0.39, 0.29) is 17.6 Å². The molecule has 4 nitrogen and oxygen atoms in total. The Morgan fingerprint density at radius 2 is 1.17 bits per heavy atom. The molecule has 0 aromatic heterocycles. The van der Waals surface area contributed by atoms with Crippen molar-refractivity contribution in [2.45, 2.75) is 0 Å². The summed E-state index contributed by atoms with van der Waals surface area (Å²) in [5.41, 5.74) is 0.